The molecular weight excluding hydrogens is 170 g/mol. The van der Waals surface area contributed by atoms with Crippen molar-refractivity contribution in [3.8, 4) is 0 Å². The average molecular weight is 183 g/mol. The first-order chi connectivity index (χ1) is 6.35. The average Bonchev–Trinajstić information content (AvgIpc) is 2.59. The Hall–Kier alpha value is -0.940. The van der Waals surface area contributed by atoms with Crippen molar-refractivity contribution in [2.45, 2.75) is 26.0 Å². The van der Waals surface area contributed by atoms with Crippen LogP contribution in [0.5, 0.6) is 0 Å². The zero-order chi connectivity index (χ0) is 9.26. The molecule has 0 aromatic carbocycles. The van der Waals surface area contributed by atoms with Gasteiger partial charge in [-0.05, 0) is 6.42 Å². The van der Waals surface area contributed by atoms with Gasteiger partial charge < -0.3 is 14.8 Å². The molecule has 0 amide bonds. The first-order valence-electron chi connectivity index (χ1n) is 4.47. The van der Waals surface area contributed by atoms with Crippen LogP contribution in [0.25, 0.3) is 0 Å². The Kier molecular flexibility index (Phi) is 2.28. The second kappa shape index (κ2) is 3.43. The number of aryl methyl sites for hydroxylation is 1. The summed E-state index contributed by atoms with van der Waals surface area (Å²) < 4.78 is 1.91. The molecule has 0 aliphatic carbocycles. The highest BCUT2D eigenvalue weighted by Crippen LogP contribution is 2.19. The Morgan fingerprint density at radius 3 is 2.92 bits per heavy atom. The Labute approximate surface area is 76.0 Å². The second-order valence-electron chi connectivity index (χ2n) is 3.39. The van der Waals surface area contributed by atoms with E-state index in [1.165, 1.54) is 0 Å². The smallest absolute Gasteiger partial charge is 0.158 e. The van der Waals surface area contributed by atoms with Crippen LogP contribution in [0.4, 0.5) is 0 Å². The molecule has 1 unspecified atom stereocenters. The Bertz CT molecular complexity index is 284. The molecule has 0 spiro atoms. The molecule has 0 saturated heterocycles. The highest BCUT2D eigenvalue weighted by molar-refractivity contribution is 4.98. The van der Waals surface area contributed by atoms with E-state index >= 15 is 0 Å². The van der Waals surface area contributed by atoms with Crippen molar-refractivity contribution in [3.63, 3.8) is 0 Å². The Morgan fingerprint density at radius 2 is 2.23 bits per heavy atom. The van der Waals surface area contributed by atoms with Crippen LogP contribution >= 0.6 is 0 Å². The van der Waals surface area contributed by atoms with Crippen LogP contribution in [-0.2, 0) is 19.6 Å². The minimum atomic E-state index is -0.0782. The predicted molar refractivity (Wildman–Crippen MR) is 44.8 cm³/mol. The summed E-state index contributed by atoms with van der Waals surface area (Å²) in [7, 11) is 0. The molecule has 1 aliphatic rings. The lowest BCUT2D eigenvalue weighted by atomic mass is 10.0. The Morgan fingerprint density at radius 1 is 1.38 bits per heavy atom. The zero-order valence-corrected chi connectivity index (χ0v) is 7.35. The first-order valence-corrected chi connectivity index (χ1v) is 4.47. The number of hydrogen-bond acceptors (Lipinski definition) is 4. The van der Waals surface area contributed by atoms with Gasteiger partial charge in [0.2, 0.25) is 0 Å². The molecule has 1 aromatic rings. The van der Waals surface area contributed by atoms with Crippen molar-refractivity contribution in [2.75, 3.05) is 6.61 Å². The van der Waals surface area contributed by atoms with Gasteiger partial charge >= 0.3 is 0 Å². The fraction of sp³-hybridized carbons (Fsp3) is 0.750. The molecular formula is C8H13N3O2. The molecule has 0 bridgehead atoms. The van der Waals surface area contributed by atoms with Crippen LogP contribution in [0.15, 0.2) is 0 Å². The molecule has 2 N–H and O–H groups in total. The standard InChI is InChI=1S/C8H13N3O2/c12-4-6-1-2-7-9-10-8(5-13)11(7)3-6/h6,12-13H,1-5H2. The maximum absolute atomic E-state index is 9.00. The molecule has 0 radical (unpaired) electrons. The van der Waals surface area contributed by atoms with E-state index in [2.05, 4.69) is 10.2 Å². The Balaban J connectivity index is 2.25. The van der Waals surface area contributed by atoms with Gasteiger partial charge in [-0.2, -0.15) is 0 Å². The summed E-state index contributed by atoms with van der Waals surface area (Å²) in [5, 5.41) is 25.8. The summed E-state index contributed by atoms with van der Waals surface area (Å²) in [5.74, 6) is 1.82. The van der Waals surface area contributed by atoms with Gasteiger partial charge in [0.25, 0.3) is 0 Å². The number of aliphatic hydroxyl groups is 2. The summed E-state index contributed by atoms with van der Waals surface area (Å²) in [6.45, 7) is 0.850. The summed E-state index contributed by atoms with van der Waals surface area (Å²) >= 11 is 0. The third-order valence-electron chi connectivity index (χ3n) is 2.52. The number of hydrogen-bond donors (Lipinski definition) is 2. The van der Waals surface area contributed by atoms with E-state index in [-0.39, 0.29) is 19.1 Å². The van der Waals surface area contributed by atoms with Gasteiger partial charge in [-0.3, -0.25) is 0 Å². The molecule has 0 fully saturated rings. The van der Waals surface area contributed by atoms with Crippen LogP contribution in [-0.4, -0.2) is 31.6 Å². The van der Waals surface area contributed by atoms with Gasteiger partial charge in [0.1, 0.15) is 12.4 Å². The highest BCUT2D eigenvalue weighted by Gasteiger charge is 2.21. The van der Waals surface area contributed by atoms with E-state index in [9.17, 15) is 0 Å². The molecule has 5 heteroatoms. The number of rotatable bonds is 2. The second-order valence-corrected chi connectivity index (χ2v) is 3.39. The van der Waals surface area contributed by atoms with Crippen molar-refractivity contribution in [1.29, 1.82) is 0 Å². The van der Waals surface area contributed by atoms with E-state index in [4.69, 9.17) is 10.2 Å². The molecule has 0 saturated carbocycles. The lowest BCUT2D eigenvalue weighted by molar-refractivity contribution is 0.184. The van der Waals surface area contributed by atoms with E-state index in [1.54, 1.807) is 0 Å². The minimum absolute atomic E-state index is 0.0782. The topological polar surface area (TPSA) is 71.2 Å². The summed E-state index contributed by atoms with van der Waals surface area (Å²) in [4.78, 5) is 0. The van der Waals surface area contributed by atoms with Gasteiger partial charge in [0, 0.05) is 25.5 Å². The van der Waals surface area contributed by atoms with Gasteiger partial charge in [-0.1, -0.05) is 0 Å². The van der Waals surface area contributed by atoms with Crippen molar-refractivity contribution in [2.24, 2.45) is 5.92 Å². The summed E-state index contributed by atoms with van der Waals surface area (Å²) in [5.41, 5.74) is 0. The van der Waals surface area contributed by atoms with Crippen LogP contribution in [0.2, 0.25) is 0 Å². The third-order valence-corrected chi connectivity index (χ3v) is 2.52. The van der Waals surface area contributed by atoms with Crippen LogP contribution in [0.3, 0.4) is 0 Å². The molecule has 72 valence electrons. The molecule has 5 nitrogen and oxygen atoms in total. The molecule has 1 atom stereocenters. The van der Waals surface area contributed by atoms with Gasteiger partial charge in [-0.25, -0.2) is 0 Å². The van der Waals surface area contributed by atoms with Crippen molar-refractivity contribution in [1.82, 2.24) is 14.8 Å². The van der Waals surface area contributed by atoms with Gasteiger partial charge in [0.15, 0.2) is 5.82 Å². The van der Waals surface area contributed by atoms with Gasteiger partial charge in [0.05, 0.1) is 0 Å². The quantitative estimate of drug-likeness (QED) is 0.637. The molecule has 2 rings (SSSR count). The van der Waals surface area contributed by atoms with Crippen LogP contribution in [0.1, 0.15) is 18.1 Å². The van der Waals surface area contributed by atoms with Crippen molar-refractivity contribution >= 4 is 0 Å². The highest BCUT2D eigenvalue weighted by atomic mass is 16.3. The fourth-order valence-electron chi connectivity index (χ4n) is 1.72. The predicted octanol–water partition coefficient (Wildman–Crippen LogP) is -0.675. The maximum atomic E-state index is 9.00. The van der Waals surface area contributed by atoms with E-state index in [1.807, 2.05) is 4.57 Å². The molecule has 2 heterocycles. The van der Waals surface area contributed by atoms with E-state index in [0.29, 0.717) is 5.82 Å². The largest absolute Gasteiger partial charge is 0.396 e. The number of aromatic nitrogens is 3. The normalized spacial score (nSPS) is 21.5. The van der Waals surface area contributed by atoms with Crippen molar-refractivity contribution in [3.05, 3.63) is 11.6 Å². The third kappa shape index (κ3) is 1.45. The van der Waals surface area contributed by atoms with Crippen LogP contribution in [0, 0.1) is 5.92 Å². The van der Waals surface area contributed by atoms with Gasteiger partial charge in [-0.15, -0.1) is 10.2 Å². The molecule has 1 aromatic heterocycles. The van der Waals surface area contributed by atoms with Crippen LogP contribution < -0.4 is 0 Å². The minimum Gasteiger partial charge on any atom is -0.396 e. The zero-order valence-electron chi connectivity index (χ0n) is 7.35. The maximum Gasteiger partial charge on any atom is 0.158 e. The summed E-state index contributed by atoms with van der Waals surface area (Å²) in [6.07, 6.45) is 1.80. The lowest BCUT2D eigenvalue weighted by Gasteiger charge is -2.21. The van der Waals surface area contributed by atoms with Crippen molar-refractivity contribution < 1.29 is 10.2 Å². The van der Waals surface area contributed by atoms with E-state index < -0.39 is 0 Å². The lowest BCUT2D eigenvalue weighted by Crippen LogP contribution is -2.24. The molecule has 1 aliphatic heterocycles. The van der Waals surface area contributed by atoms with E-state index in [0.717, 1.165) is 25.2 Å². The number of aliphatic hydroxyl groups excluding tert-OH is 2. The monoisotopic (exact) mass is 183 g/mol. The molecule has 13 heavy (non-hydrogen) atoms. The fourth-order valence-corrected chi connectivity index (χ4v) is 1.72. The number of nitrogens with zero attached hydrogens (tertiary/aromatic N) is 3. The number of fused-ring (bicyclic) bond motifs is 1. The first kappa shape index (κ1) is 8.65. The summed E-state index contributed by atoms with van der Waals surface area (Å²) in [6, 6.07) is 0. The SMILES string of the molecule is OCc1nnc2n1CC(CO)CC2.